The highest BCUT2D eigenvalue weighted by Gasteiger charge is 2.37. The maximum atomic E-state index is 14.0. The van der Waals surface area contributed by atoms with E-state index >= 15 is 0 Å². The van der Waals surface area contributed by atoms with Crippen molar-refractivity contribution in [3.63, 3.8) is 0 Å². The van der Waals surface area contributed by atoms with Crippen molar-refractivity contribution in [1.82, 2.24) is 58.5 Å². The molecule has 26 N–H and O–H groups in total. The van der Waals surface area contributed by atoms with Crippen LogP contribution in [0.15, 0.2) is 0 Å². The topological polar surface area (TPSA) is 673 Å². The van der Waals surface area contributed by atoms with Crippen LogP contribution in [0.25, 0.3) is 0 Å². The Kier molecular flexibility index (Phi) is 33.3. The fourth-order valence-electron chi connectivity index (χ4n) is 6.99. The van der Waals surface area contributed by atoms with Crippen LogP contribution in [-0.2, 0) is 76.7 Å². The van der Waals surface area contributed by atoms with Crippen molar-refractivity contribution in [2.75, 3.05) is 19.7 Å². The minimum Gasteiger partial charge on any atom is -0.481 e. The molecule has 0 fully saturated rings. The molecule has 0 radical (unpaired) electrons. The van der Waals surface area contributed by atoms with Crippen molar-refractivity contribution in [3.05, 3.63) is 0 Å². The van der Waals surface area contributed by atoms with Crippen LogP contribution in [0.2, 0.25) is 0 Å². The van der Waals surface area contributed by atoms with Gasteiger partial charge in [0.1, 0.15) is 54.4 Å². The van der Waals surface area contributed by atoms with Gasteiger partial charge in [-0.2, -0.15) is 0 Å². The number of aliphatic carboxylic acids is 6. The summed E-state index contributed by atoms with van der Waals surface area (Å²) in [6.45, 7) is -0.273. The summed E-state index contributed by atoms with van der Waals surface area (Å²) in [7, 11) is 0. The van der Waals surface area contributed by atoms with E-state index in [-0.39, 0.29) is 32.4 Å². The van der Waals surface area contributed by atoms with Crippen molar-refractivity contribution in [2.45, 2.75) is 145 Å². The number of primary amides is 1. The Morgan fingerprint density at radius 1 is 0.361 bits per heavy atom. The monoisotopic (exact) mass is 1190 g/mol. The largest absolute Gasteiger partial charge is 0.481 e. The molecule has 10 amide bonds. The Bertz CT molecular complexity index is 2430. The average Bonchev–Trinajstić information content (AvgIpc) is 3.43. The van der Waals surface area contributed by atoms with Gasteiger partial charge in [-0.15, -0.1) is 0 Å². The minimum atomic E-state index is -2.25. The summed E-state index contributed by atoms with van der Waals surface area (Å²) in [5, 5.41) is 105. The molecule has 83 heavy (non-hydrogen) atoms. The first kappa shape index (κ1) is 73.0. The van der Waals surface area contributed by atoms with E-state index in [2.05, 4.69) is 37.2 Å². The number of nitrogens with two attached hydrogens (primary N) is 3. The zero-order valence-electron chi connectivity index (χ0n) is 44.4. The lowest BCUT2D eigenvalue weighted by Gasteiger charge is -2.27. The summed E-state index contributed by atoms with van der Waals surface area (Å²) in [5.41, 5.74) is 15.8. The summed E-state index contributed by atoms with van der Waals surface area (Å²) in [4.78, 5) is 203. The molecule has 0 spiro atoms. The molecule has 39 heteroatoms. The number of carbonyl (C=O) groups excluding carboxylic acids is 10. The highest BCUT2D eigenvalue weighted by Crippen LogP contribution is 2.10. The molecule has 0 aromatic heterocycles. The Morgan fingerprint density at radius 3 is 0.892 bits per heavy atom. The first-order valence-electron chi connectivity index (χ1n) is 24.7. The summed E-state index contributed by atoms with van der Waals surface area (Å²) in [6.07, 6.45) is -9.60. The number of carboxylic acids is 6. The van der Waals surface area contributed by atoms with Gasteiger partial charge >= 0.3 is 35.8 Å². The van der Waals surface area contributed by atoms with Crippen molar-refractivity contribution in [3.8, 4) is 0 Å². The number of carbonyl (C=O) groups is 16. The molecule has 464 valence electrons. The first-order chi connectivity index (χ1) is 38.7. The van der Waals surface area contributed by atoms with Gasteiger partial charge in [0.05, 0.1) is 25.9 Å². The number of aliphatic hydroxyl groups excluding tert-OH is 1. The minimum absolute atomic E-state index is 0.0109. The lowest BCUT2D eigenvalue weighted by molar-refractivity contribution is -0.143. The van der Waals surface area contributed by atoms with Crippen molar-refractivity contribution < 1.29 is 112 Å². The fraction of sp³-hybridized carbons (Fsp3) is 0.591. The highest BCUT2D eigenvalue weighted by molar-refractivity contribution is 6.00. The lowest BCUT2D eigenvalue weighted by Crippen LogP contribution is -2.61. The molecule has 0 unspecified atom stereocenters. The predicted molar refractivity (Wildman–Crippen MR) is 275 cm³/mol. The van der Waals surface area contributed by atoms with Gasteiger partial charge in [-0.05, 0) is 44.9 Å². The zero-order chi connectivity index (χ0) is 63.7. The zero-order valence-corrected chi connectivity index (χ0v) is 44.4. The van der Waals surface area contributed by atoms with Gasteiger partial charge in [0, 0.05) is 39.3 Å². The molecule has 0 aliphatic rings. The van der Waals surface area contributed by atoms with Gasteiger partial charge in [-0.3, -0.25) is 82.7 Å². The van der Waals surface area contributed by atoms with Crippen LogP contribution in [-0.4, -0.2) is 217 Å². The molecule has 0 saturated heterocycles. The maximum absolute atomic E-state index is 14.0. The third kappa shape index (κ3) is 32.0. The number of rotatable bonds is 42. The third-order valence-electron chi connectivity index (χ3n) is 11.0. The van der Waals surface area contributed by atoms with E-state index in [1.54, 1.807) is 0 Å². The number of aliphatic hydroxyl groups is 1. The summed E-state index contributed by atoms with van der Waals surface area (Å²) >= 11 is 0. The number of hydrogen-bond donors (Lipinski definition) is 23. The Labute approximate surface area is 469 Å². The second-order valence-electron chi connectivity index (χ2n) is 17.9. The van der Waals surface area contributed by atoms with E-state index in [4.69, 9.17) is 28.0 Å². The smallest absolute Gasteiger partial charge is 0.326 e. The van der Waals surface area contributed by atoms with Crippen LogP contribution < -0.4 is 75.7 Å². The quantitative estimate of drug-likeness (QED) is 0.0153. The SMILES string of the molecule is CC(=O)N[C@H](CO)C(=O)N[C@H](CCC(=O)O)C(=O)N[C@H](CC(=O)O)C(=O)N[C@H](CC(N)=O)C(=O)N[C@H](CCCNC(=N)N)C(=O)N[C@H](CC(=O)O)C(=O)N[C@H](CCC(=O)O)C(=O)N[C@H](CCC(=O)O)C(=O)N[C@H](CCCNC(=N)N)C(=O)O. The molecule has 0 aromatic rings. The average molecular weight is 1190 g/mol. The van der Waals surface area contributed by atoms with Gasteiger partial charge in [-0.1, -0.05) is 0 Å². The molecular weight excluding hydrogens is 1120 g/mol. The fourth-order valence-corrected chi connectivity index (χ4v) is 6.99. The van der Waals surface area contributed by atoms with E-state index in [1.165, 1.54) is 0 Å². The highest BCUT2D eigenvalue weighted by atomic mass is 16.4. The van der Waals surface area contributed by atoms with Crippen molar-refractivity contribution in [1.29, 1.82) is 10.8 Å². The Hall–Kier alpha value is -9.98. The molecule has 0 heterocycles. The second kappa shape index (κ2) is 37.8. The molecule has 0 saturated carbocycles. The van der Waals surface area contributed by atoms with Crippen LogP contribution >= 0.6 is 0 Å². The molecule has 39 nitrogen and oxygen atoms in total. The van der Waals surface area contributed by atoms with Gasteiger partial charge in [0.15, 0.2) is 11.9 Å². The molecule has 0 bridgehead atoms. The number of amides is 10. The summed E-state index contributed by atoms with van der Waals surface area (Å²) < 4.78 is 0. The lowest BCUT2D eigenvalue weighted by atomic mass is 10.0. The van der Waals surface area contributed by atoms with Crippen molar-refractivity contribution >= 4 is 107 Å². The van der Waals surface area contributed by atoms with Crippen LogP contribution in [0.3, 0.4) is 0 Å². The van der Waals surface area contributed by atoms with E-state index < -0.39 is 232 Å². The number of guanidine groups is 2. The predicted octanol–water partition coefficient (Wildman–Crippen LogP) is -9.61. The number of carboxylic acid groups (broad SMARTS) is 6. The summed E-state index contributed by atoms with van der Waals surface area (Å²) in [5.74, 6) is -24.2. The number of hydrogen-bond acceptors (Lipinski definition) is 19. The van der Waals surface area contributed by atoms with E-state index in [0.29, 0.717) is 0 Å². The Morgan fingerprint density at radius 2 is 0.627 bits per heavy atom. The Balaban J connectivity index is 7.05. The van der Waals surface area contributed by atoms with E-state index in [0.717, 1.165) is 6.92 Å². The van der Waals surface area contributed by atoms with Gasteiger partial charge in [-0.25, -0.2) is 4.79 Å². The standard InChI is InChI=1S/C44H70N16O23/c1-18(62)52-27(17-61)41(81)56-22(8-11-31(68)69)37(77)60-26(16-33(72)73)40(80)58-24(14-28(45)63)38(78)53-19(4-2-12-50-43(46)47)34(74)59-25(15-32(70)71)39(79)55-20(6-9-29(64)65)35(75)54-21(7-10-30(66)67)36(76)57-23(42(82)83)5-3-13-51-44(48)49/h19-27,61H,2-17H2,1H3,(H2,45,63)(H,52,62)(H,53,78)(H,54,75)(H,55,79)(H,56,81)(H,57,76)(H,58,80)(H,59,74)(H,60,77)(H,64,65)(H,66,67)(H,68,69)(H,70,71)(H,72,73)(H,82,83)(H4,46,47,50)(H4,48,49,51)/t19-,20-,21-,22-,23-,24-,25-,26-,27-/m1/s1. The summed E-state index contributed by atoms with van der Waals surface area (Å²) in [6, 6.07) is -17.7. The molecular formula is C44H70N16O23. The molecule has 0 aliphatic carbocycles. The molecule has 0 aromatic carbocycles. The van der Waals surface area contributed by atoms with E-state index in [1.807, 2.05) is 21.3 Å². The normalized spacial score (nSPS) is 13.9. The van der Waals surface area contributed by atoms with Crippen LogP contribution in [0, 0.1) is 10.8 Å². The van der Waals surface area contributed by atoms with Crippen LogP contribution in [0.5, 0.6) is 0 Å². The molecule has 9 atom stereocenters. The third-order valence-corrected chi connectivity index (χ3v) is 11.0. The maximum Gasteiger partial charge on any atom is 0.326 e. The van der Waals surface area contributed by atoms with Gasteiger partial charge in [0.25, 0.3) is 0 Å². The van der Waals surface area contributed by atoms with Crippen LogP contribution in [0.4, 0.5) is 0 Å². The van der Waals surface area contributed by atoms with Crippen molar-refractivity contribution in [2.24, 2.45) is 17.2 Å². The van der Waals surface area contributed by atoms with Gasteiger partial charge < -0.3 is 111 Å². The number of nitrogens with one attached hydrogen (secondary N) is 13. The van der Waals surface area contributed by atoms with E-state index in [9.17, 15) is 112 Å². The molecule has 0 aliphatic heterocycles. The first-order valence-corrected chi connectivity index (χ1v) is 24.7. The second-order valence-corrected chi connectivity index (χ2v) is 17.9. The van der Waals surface area contributed by atoms with Gasteiger partial charge in [0.2, 0.25) is 59.1 Å². The van der Waals surface area contributed by atoms with Crippen LogP contribution in [0.1, 0.15) is 90.4 Å². The molecule has 0 rings (SSSR count).